The number of carbonyl (C=O) groups is 1. The second-order valence-corrected chi connectivity index (χ2v) is 12.2. The minimum atomic E-state index is -4.28. The van der Waals surface area contributed by atoms with Gasteiger partial charge in [0.05, 0.1) is 19.3 Å². The summed E-state index contributed by atoms with van der Waals surface area (Å²) in [7, 11) is -4.28. The lowest BCUT2D eigenvalue weighted by molar-refractivity contribution is 0.149. The first kappa shape index (κ1) is 26.3. The molecule has 1 aliphatic heterocycles. The molecule has 7 nitrogen and oxygen atoms in total. The summed E-state index contributed by atoms with van der Waals surface area (Å²) in [4.78, 5) is 17.2. The summed E-state index contributed by atoms with van der Waals surface area (Å²) in [5.74, 6) is 0.751. The predicted octanol–water partition coefficient (Wildman–Crippen LogP) is 5.65. The molecular weight excluding hydrogens is 508 g/mol. The number of sulfonamides is 1. The van der Waals surface area contributed by atoms with Crippen molar-refractivity contribution in [2.24, 2.45) is 5.92 Å². The van der Waals surface area contributed by atoms with Crippen LogP contribution in [0.25, 0.3) is 11.1 Å². The van der Waals surface area contributed by atoms with Crippen molar-refractivity contribution < 1.29 is 26.7 Å². The van der Waals surface area contributed by atoms with E-state index in [1.807, 2.05) is 29.3 Å². The van der Waals surface area contributed by atoms with Crippen LogP contribution in [0.5, 0.6) is 0 Å². The third-order valence-corrected chi connectivity index (χ3v) is 8.98. The van der Waals surface area contributed by atoms with Crippen LogP contribution in [-0.2, 0) is 27.6 Å². The number of halogens is 2. The summed E-state index contributed by atoms with van der Waals surface area (Å²) in [6.07, 6.45) is 5.06. The summed E-state index contributed by atoms with van der Waals surface area (Å²) in [6, 6.07) is 6.33. The van der Waals surface area contributed by atoms with Crippen LogP contribution < -0.4 is 4.72 Å². The van der Waals surface area contributed by atoms with E-state index in [0.717, 1.165) is 34.9 Å². The zero-order valence-corrected chi connectivity index (χ0v) is 21.8. The Bertz CT molecular complexity index is 1330. The molecule has 4 rings (SSSR count). The maximum absolute atomic E-state index is 15.3. The summed E-state index contributed by atoms with van der Waals surface area (Å²) < 4.78 is 62.5. The van der Waals surface area contributed by atoms with Crippen molar-refractivity contribution in [1.29, 1.82) is 0 Å². The first-order valence-electron chi connectivity index (χ1n) is 11.9. The van der Waals surface area contributed by atoms with E-state index >= 15 is 4.39 Å². The SMILES string of the molecule is CC(C)Cc1cc(-c2ccc([C@@H]3CCc4nccn43)c(F)c2)c(S(=O)(=O)NC(=O)OCCCCF)s1. The maximum Gasteiger partial charge on any atom is 0.421 e. The van der Waals surface area contributed by atoms with Gasteiger partial charge in [0, 0.05) is 34.8 Å². The average Bonchev–Trinajstić information content (AvgIpc) is 3.52. The molecule has 0 aliphatic carbocycles. The van der Waals surface area contributed by atoms with Gasteiger partial charge in [-0.3, -0.25) is 4.39 Å². The number of rotatable bonds is 10. The van der Waals surface area contributed by atoms with E-state index in [1.54, 1.807) is 24.4 Å². The van der Waals surface area contributed by atoms with E-state index in [0.29, 0.717) is 29.5 Å². The second kappa shape index (κ2) is 11.1. The molecule has 0 unspecified atom stereocenters. The van der Waals surface area contributed by atoms with Gasteiger partial charge in [-0.1, -0.05) is 26.0 Å². The topological polar surface area (TPSA) is 90.3 Å². The zero-order valence-electron chi connectivity index (χ0n) is 20.2. The normalized spacial score (nSPS) is 15.3. The Morgan fingerprint density at radius 1 is 1.31 bits per heavy atom. The predicted molar refractivity (Wildman–Crippen MR) is 134 cm³/mol. The molecule has 0 bridgehead atoms. The number of carbonyl (C=O) groups excluding carboxylic acids is 1. The van der Waals surface area contributed by atoms with Crippen molar-refractivity contribution in [2.75, 3.05) is 13.3 Å². The molecule has 1 atom stereocenters. The Balaban J connectivity index is 1.63. The van der Waals surface area contributed by atoms with Crippen molar-refractivity contribution in [3.05, 3.63) is 58.7 Å². The number of hydrogen-bond donors (Lipinski definition) is 1. The molecule has 0 radical (unpaired) electrons. The number of aryl methyl sites for hydroxylation is 1. The Morgan fingerprint density at radius 2 is 2.11 bits per heavy atom. The molecule has 0 saturated carbocycles. The van der Waals surface area contributed by atoms with Gasteiger partial charge in [-0.05, 0) is 49.3 Å². The third-order valence-electron chi connectivity index (χ3n) is 5.98. The Hall–Kier alpha value is -2.79. The van der Waals surface area contributed by atoms with Crippen LogP contribution in [-0.4, -0.2) is 37.3 Å². The fourth-order valence-electron chi connectivity index (χ4n) is 4.37. The molecule has 0 spiro atoms. The van der Waals surface area contributed by atoms with Crippen molar-refractivity contribution in [1.82, 2.24) is 14.3 Å². The minimum absolute atomic E-state index is 0.0798. The molecule has 1 N–H and O–H groups in total. The number of benzene rings is 1. The quantitative estimate of drug-likeness (QED) is 0.338. The van der Waals surface area contributed by atoms with Crippen LogP contribution in [0.1, 0.15) is 55.4 Å². The summed E-state index contributed by atoms with van der Waals surface area (Å²) >= 11 is 1.05. The van der Waals surface area contributed by atoms with Gasteiger partial charge in [0.2, 0.25) is 0 Å². The highest BCUT2D eigenvalue weighted by Gasteiger charge is 2.29. The first-order chi connectivity index (χ1) is 17.2. The Kier molecular flexibility index (Phi) is 8.09. The van der Waals surface area contributed by atoms with E-state index in [-0.39, 0.29) is 29.2 Å². The van der Waals surface area contributed by atoms with Crippen molar-refractivity contribution in [3.63, 3.8) is 0 Å². The Morgan fingerprint density at radius 3 is 2.83 bits per heavy atom. The second-order valence-electron chi connectivity index (χ2n) is 9.19. The largest absolute Gasteiger partial charge is 0.449 e. The molecule has 1 amide bonds. The molecule has 3 heterocycles. The highest BCUT2D eigenvalue weighted by molar-refractivity contribution is 7.92. The van der Waals surface area contributed by atoms with Crippen LogP contribution >= 0.6 is 11.3 Å². The van der Waals surface area contributed by atoms with Gasteiger partial charge in [-0.15, -0.1) is 11.3 Å². The standard InChI is InChI=1S/C25H29F2N3O4S2/c1-16(2)13-18-15-20(24(35-18)36(32,33)29-25(31)34-12-4-3-9-26)17-5-6-19(21(27)14-17)22-7-8-23-28-10-11-30(22)23/h5-6,10-11,14-16,22H,3-4,7-9,12-13H2,1-2H3,(H,29,31)/t22-/m0/s1. The van der Waals surface area contributed by atoms with Gasteiger partial charge in [-0.25, -0.2) is 27.3 Å². The van der Waals surface area contributed by atoms with Gasteiger partial charge < -0.3 is 9.30 Å². The molecule has 0 fully saturated rings. The van der Waals surface area contributed by atoms with Crippen LogP contribution in [0.4, 0.5) is 13.6 Å². The molecule has 1 aliphatic rings. The number of amides is 1. The lowest BCUT2D eigenvalue weighted by Gasteiger charge is -2.15. The number of imidazole rings is 1. The summed E-state index contributed by atoms with van der Waals surface area (Å²) in [6.45, 7) is 3.40. The molecule has 36 heavy (non-hydrogen) atoms. The lowest BCUT2D eigenvalue weighted by atomic mass is 9.99. The van der Waals surface area contributed by atoms with E-state index in [1.165, 1.54) is 6.07 Å². The first-order valence-corrected chi connectivity index (χ1v) is 14.2. The number of nitrogens with one attached hydrogen (secondary N) is 1. The van der Waals surface area contributed by atoms with E-state index in [9.17, 15) is 17.6 Å². The number of nitrogens with zero attached hydrogens (tertiary/aromatic N) is 2. The van der Waals surface area contributed by atoms with Crippen LogP contribution in [0, 0.1) is 11.7 Å². The molecule has 3 aromatic rings. The van der Waals surface area contributed by atoms with Crippen molar-refractivity contribution in [3.8, 4) is 11.1 Å². The van der Waals surface area contributed by atoms with Gasteiger partial charge >= 0.3 is 6.09 Å². The number of aromatic nitrogens is 2. The summed E-state index contributed by atoms with van der Waals surface area (Å²) in [5.41, 5.74) is 1.25. The van der Waals surface area contributed by atoms with E-state index in [4.69, 9.17) is 4.74 Å². The Labute approximate surface area is 213 Å². The zero-order chi connectivity index (χ0) is 25.9. The number of thiophene rings is 1. The molecule has 2 aromatic heterocycles. The maximum atomic E-state index is 15.3. The van der Waals surface area contributed by atoms with Gasteiger partial charge in [0.25, 0.3) is 10.0 Å². The molecule has 1 aromatic carbocycles. The van der Waals surface area contributed by atoms with E-state index in [2.05, 4.69) is 4.98 Å². The summed E-state index contributed by atoms with van der Waals surface area (Å²) in [5, 5.41) is 0. The molecule has 0 saturated heterocycles. The number of hydrogen-bond acceptors (Lipinski definition) is 6. The highest BCUT2D eigenvalue weighted by atomic mass is 32.2. The number of unbranched alkanes of at least 4 members (excludes halogenated alkanes) is 1. The van der Waals surface area contributed by atoms with Crippen LogP contribution in [0.3, 0.4) is 0 Å². The smallest absolute Gasteiger partial charge is 0.421 e. The monoisotopic (exact) mass is 537 g/mol. The van der Waals surface area contributed by atoms with Crippen molar-refractivity contribution in [2.45, 2.75) is 56.2 Å². The minimum Gasteiger partial charge on any atom is -0.449 e. The lowest BCUT2D eigenvalue weighted by Crippen LogP contribution is -2.31. The van der Waals surface area contributed by atoms with Crippen LogP contribution in [0.2, 0.25) is 0 Å². The van der Waals surface area contributed by atoms with E-state index < -0.39 is 28.6 Å². The fourth-order valence-corrected chi connectivity index (χ4v) is 7.21. The number of ether oxygens (including phenoxy) is 1. The molecule has 11 heteroatoms. The third kappa shape index (κ3) is 5.78. The highest BCUT2D eigenvalue weighted by Crippen LogP contribution is 2.39. The van der Waals surface area contributed by atoms with Gasteiger partial charge in [-0.2, -0.15) is 0 Å². The van der Waals surface area contributed by atoms with Crippen molar-refractivity contribution >= 4 is 27.5 Å². The number of fused-ring (bicyclic) bond motifs is 1. The van der Waals surface area contributed by atoms with Gasteiger partial charge in [0.15, 0.2) is 0 Å². The molecule has 194 valence electrons. The average molecular weight is 538 g/mol. The number of alkyl halides is 1. The fraction of sp³-hybridized carbons (Fsp3) is 0.440. The van der Waals surface area contributed by atoms with Crippen LogP contribution in [0.15, 0.2) is 40.9 Å². The van der Waals surface area contributed by atoms with Gasteiger partial charge in [0.1, 0.15) is 15.9 Å². The molecular formula is C25H29F2N3O4S2.